The summed E-state index contributed by atoms with van der Waals surface area (Å²) in [5, 5.41) is 4.89. The maximum atomic E-state index is 12.1. The van der Waals surface area contributed by atoms with Crippen molar-refractivity contribution in [1.29, 1.82) is 0 Å². The summed E-state index contributed by atoms with van der Waals surface area (Å²) in [7, 11) is 0. The number of pyridine rings is 1. The molecule has 1 aliphatic rings. The zero-order valence-corrected chi connectivity index (χ0v) is 12.6. The molecule has 1 aliphatic heterocycles. The van der Waals surface area contributed by atoms with Gasteiger partial charge >= 0.3 is 0 Å². The molecule has 0 spiro atoms. The number of hydrogen-bond donors (Lipinski definition) is 0. The highest BCUT2D eigenvalue weighted by Crippen LogP contribution is 2.21. The molecule has 4 nitrogen and oxygen atoms in total. The zero-order valence-electron chi connectivity index (χ0n) is 11.8. The van der Waals surface area contributed by atoms with Gasteiger partial charge in [0.25, 0.3) is 5.91 Å². The summed E-state index contributed by atoms with van der Waals surface area (Å²) in [6, 6.07) is 13.7. The van der Waals surface area contributed by atoms with Crippen LogP contribution < -0.4 is 4.74 Å². The number of carbonyl (C=O) groups is 1. The topological polar surface area (TPSA) is 42.4 Å². The first-order valence-electron chi connectivity index (χ1n) is 7.13. The van der Waals surface area contributed by atoms with Gasteiger partial charge in [0.1, 0.15) is 6.10 Å². The van der Waals surface area contributed by atoms with Crippen LogP contribution in [0.25, 0.3) is 10.9 Å². The lowest BCUT2D eigenvalue weighted by Gasteiger charge is -2.38. The number of rotatable bonds is 3. The highest BCUT2D eigenvalue weighted by Gasteiger charge is 2.33. The lowest BCUT2D eigenvalue weighted by Crippen LogP contribution is -2.56. The number of amides is 1. The molecule has 110 valence electrons. The summed E-state index contributed by atoms with van der Waals surface area (Å²) in [5.74, 6) is 0.693. The second-order valence-electron chi connectivity index (χ2n) is 5.30. The Morgan fingerprint density at radius 3 is 2.86 bits per heavy atom. The Balaban J connectivity index is 1.40. The third-order valence-electron chi connectivity index (χ3n) is 3.76. The molecule has 4 rings (SSSR count). The summed E-state index contributed by atoms with van der Waals surface area (Å²) in [6.45, 7) is 1.23. The standard InChI is InChI=1S/C17H14N2O2S/c20-17(13-7-8-22-11-13)19-9-14(10-19)21-16-6-5-12-3-1-2-4-15(12)18-16/h1-8,11,14H,9-10H2. The average molecular weight is 310 g/mol. The Bertz CT molecular complexity index is 810. The number of aromatic nitrogens is 1. The Labute approximate surface area is 132 Å². The number of likely N-dealkylation sites (tertiary alicyclic amines) is 1. The second-order valence-corrected chi connectivity index (χ2v) is 6.08. The quantitative estimate of drug-likeness (QED) is 0.746. The SMILES string of the molecule is O=C(c1ccsc1)N1CC(Oc2ccc3ccccc3n2)C1. The van der Waals surface area contributed by atoms with Gasteiger partial charge in [-0.15, -0.1) is 0 Å². The molecule has 5 heteroatoms. The van der Waals surface area contributed by atoms with Gasteiger partial charge < -0.3 is 9.64 Å². The fraction of sp³-hybridized carbons (Fsp3) is 0.176. The Kier molecular flexibility index (Phi) is 3.27. The van der Waals surface area contributed by atoms with Crippen LogP contribution in [0, 0.1) is 0 Å². The molecule has 3 heterocycles. The molecule has 2 aromatic heterocycles. The lowest BCUT2D eigenvalue weighted by atomic mass is 10.1. The lowest BCUT2D eigenvalue weighted by molar-refractivity contribution is 0.0162. The number of benzene rings is 1. The summed E-state index contributed by atoms with van der Waals surface area (Å²) in [6.07, 6.45) is 0.0243. The van der Waals surface area contributed by atoms with E-state index in [9.17, 15) is 4.79 Å². The first-order chi connectivity index (χ1) is 10.8. The molecule has 0 aliphatic carbocycles. The van der Waals surface area contributed by atoms with Crippen molar-refractivity contribution >= 4 is 28.1 Å². The normalized spacial score (nSPS) is 14.8. The Hall–Kier alpha value is -2.40. The first kappa shape index (κ1) is 13.3. The maximum Gasteiger partial charge on any atom is 0.254 e. The van der Waals surface area contributed by atoms with Gasteiger partial charge in [0.15, 0.2) is 0 Å². The molecule has 0 atom stereocenters. The number of nitrogens with zero attached hydrogens (tertiary/aromatic N) is 2. The van der Waals surface area contributed by atoms with E-state index in [0.717, 1.165) is 16.5 Å². The number of hydrogen-bond acceptors (Lipinski definition) is 4. The van der Waals surface area contributed by atoms with Gasteiger partial charge in [0, 0.05) is 16.8 Å². The Morgan fingerprint density at radius 2 is 2.05 bits per heavy atom. The molecule has 3 aromatic rings. The molecule has 1 amide bonds. The van der Waals surface area contributed by atoms with E-state index in [0.29, 0.717) is 19.0 Å². The van der Waals surface area contributed by atoms with Gasteiger partial charge in [-0.05, 0) is 23.6 Å². The van der Waals surface area contributed by atoms with Crippen LogP contribution in [0.3, 0.4) is 0 Å². The van der Waals surface area contributed by atoms with E-state index in [1.165, 1.54) is 11.3 Å². The summed E-state index contributed by atoms with van der Waals surface area (Å²) in [4.78, 5) is 18.4. The fourth-order valence-electron chi connectivity index (χ4n) is 2.53. The van der Waals surface area contributed by atoms with Crippen LogP contribution in [0.2, 0.25) is 0 Å². The monoisotopic (exact) mass is 310 g/mol. The summed E-state index contributed by atoms with van der Waals surface area (Å²) >= 11 is 1.54. The molecule has 0 unspecified atom stereocenters. The van der Waals surface area contributed by atoms with Crippen molar-refractivity contribution in [2.45, 2.75) is 6.10 Å². The second kappa shape index (κ2) is 5.42. The third-order valence-corrected chi connectivity index (χ3v) is 4.45. The molecule has 1 fully saturated rings. The van der Waals surface area contributed by atoms with Gasteiger partial charge in [0.05, 0.1) is 24.2 Å². The number of ether oxygens (including phenoxy) is 1. The van der Waals surface area contributed by atoms with Crippen molar-refractivity contribution in [2.75, 3.05) is 13.1 Å². The van der Waals surface area contributed by atoms with Crippen molar-refractivity contribution in [3.8, 4) is 5.88 Å². The van der Waals surface area contributed by atoms with Crippen molar-refractivity contribution in [3.05, 3.63) is 58.8 Å². The van der Waals surface area contributed by atoms with Crippen LogP contribution >= 0.6 is 11.3 Å². The summed E-state index contributed by atoms with van der Waals surface area (Å²) < 4.78 is 5.85. The highest BCUT2D eigenvalue weighted by molar-refractivity contribution is 7.08. The van der Waals surface area contributed by atoms with Crippen molar-refractivity contribution < 1.29 is 9.53 Å². The molecule has 0 N–H and O–H groups in total. The molecule has 0 radical (unpaired) electrons. The molecular formula is C17H14N2O2S. The van der Waals surface area contributed by atoms with E-state index in [4.69, 9.17) is 4.74 Å². The zero-order chi connectivity index (χ0) is 14.9. The minimum atomic E-state index is 0.0243. The van der Waals surface area contributed by atoms with E-state index < -0.39 is 0 Å². The minimum Gasteiger partial charge on any atom is -0.471 e. The van der Waals surface area contributed by atoms with Gasteiger partial charge in [-0.3, -0.25) is 4.79 Å². The maximum absolute atomic E-state index is 12.1. The molecule has 0 bridgehead atoms. The van der Waals surface area contributed by atoms with E-state index in [1.54, 1.807) is 4.90 Å². The van der Waals surface area contributed by atoms with Crippen LogP contribution in [0.15, 0.2) is 53.2 Å². The largest absolute Gasteiger partial charge is 0.471 e. The van der Waals surface area contributed by atoms with Crippen LogP contribution in [0.5, 0.6) is 5.88 Å². The number of carbonyl (C=O) groups excluding carboxylic acids is 1. The van der Waals surface area contributed by atoms with Crippen molar-refractivity contribution in [3.63, 3.8) is 0 Å². The van der Waals surface area contributed by atoms with E-state index in [1.807, 2.05) is 53.2 Å². The van der Waals surface area contributed by atoms with Crippen LogP contribution in [-0.2, 0) is 0 Å². The molecule has 22 heavy (non-hydrogen) atoms. The minimum absolute atomic E-state index is 0.0243. The first-order valence-corrected chi connectivity index (χ1v) is 8.08. The highest BCUT2D eigenvalue weighted by atomic mass is 32.1. The summed E-state index contributed by atoms with van der Waals surface area (Å²) in [5.41, 5.74) is 1.68. The van der Waals surface area contributed by atoms with Gasteiger partial charge in [0.2, 0.25) is 5.88 Å². The van der Waals surface area contributed by atoms with Gasteiger partial charge in [-0.1, -0.05) is 18.2 Å². The van der Waals surface area contributed by atoms with Crippen molar-refractivity contribution in [1.82, 2.24) is 9.88 Å². The molecular weight excluding hydrogens is 296 g/mol. The van der Waals surface area contributed by atoms with Crippen molar-refractivity contribution in [2.24, 2.45) is 0 Å². The molecule has 1 saturated heterocycles. The van der Waals surface area contributed by atoms with Crippen LogP contribution in [0.1, 0.15) is 10.4 Å². The molecule has 1 aromatic carbocycles. The number of thiophene rings is 1. The predicted octanol–water partition coefficient (Wildman–Crippen LogP) is 3.20. The third kappa shape index (κ3) is 2.44. The van der Waals surface area contributed by atoms with Crippen LogP contribution in [0.4, 0.5) is 0 Å². The smallest absolute Gasteiger partial charge is 0.254 e. The van der Waals surface area contributed by atoms with Gasteiger partial charge in [-0.2, -0.15) is 11.3 Å². The molecule has 0 saturated carbocycles. The van der Waals surface area contributed by atoms with E-state index in [2.05, 4.69) is 4.98 Å². The van der Waals surface area contributed by atoms with E-state index in [-0.39, 0.29) is 12.0 Å². The number of para-hydroxylation sites is 1. The van der Waals surface area contributed by atoms with Crippen LogP contribution in [-0.4, -0.2) is 35.0 Å². The van der Waals surface area contributed by atoms with Gasteiger partial charge in [-0.25, -0.2) is 4.98 Å². The Morgan fingerprint density at radius 1 is 1.18 bits per heavy atom. The number of fused-ring (bicyclic) bond motifs is 1. The van der Waals surface area contributed by atoms with E-state index >= 15 is 0 Å². The predicted molar refractivity (Wildman–Crippen MR) is 86.4 cm³/mol. The fourth-order valence-corrected chi connectivity index (χ4v) is 3.16. The average Bonchev–Trinajstić information content (AvgIpc) is 3.04.